The van der Waals surface area contributed by atoms with E-state index < -0.39 is 15.9 Å². The molecule has 2 aromatic rings. The molecule has 1 heterocycles. The third kappa shape index (κ3) is 5.08. The molecule has 9 heteroatoms. The van der Waals surface area contributed by atoms with Gasteiger partial charge in [0.25, 0.3) is 5.91 Å². The fraction of sp³-hybridized carbons (Fsp3) is 0.333. The summed E-state index contributed by atoms with van der Waals surface area (Å²) in [5.74, 6) is -0.860. The average molecular weight is 494 g/mol. The summed E-state index contributed by atoms with van der Waals surface area (Å²) in [6.07, 6.45) is 1.68. The Bertz CT molecular complexity index is 1080. The monoisotopic (exact) mass is 493 g/mol. The summed E-state index contributed by atoms with van der Waals surface area (Å²) in [4.78, 5) is 25.0. The normalized spacial score (nSPS) is 14.5. The second kappa shape index (κ2) is 9.28. The van der Waals surface area contributed by atoms with Crippen LogP contribution in [0.3, 0.4) is 0 Å². The lowest BCUT2D eigenvalue weighted by Crippen LogP contribution is -2.33. The minimum absolute atomic E-state index is 0.0927. The standard InChI is InChI=1S/C21H24BrN3O4S/c1-14-5-7-17(30(28,29)25-9-3-4-10-25)12-18(14)21(27)23-13-20(26)24-19-8-6-16(22)11-15(19)2/h5-8,11-12H,3-4,9-10,13H2,1-2H3,(H,23,27)(H,24,26). The lowest BCUT2D eigenvalue weighted by atomic mass is 10.1. The van der Waals surface area contributed by atoms with Gasteiger partial charge in [-0.25, -0.2) is 8.42 Å². The third-order valence-electron chi connectivity index (χ3n) is 5.03. The molecule has 0 bridgehead atoms. The Balaban J connectivity index is 1.68. The summed E-state index contributed by atoms with van der Waals surface area (Å²) >= 11 is 3.37. The average Bonchev–Trinajstić information content (AvgIpc) is 3.24. The lowest BCUT2D eigenvalue weighted by Gasteiger charge is -2.17. The maximum absolute atomic E-state index is 12.8. The maximum Gasteiger partial charge on any atom is 0.252 e. The summed E-state index contributed by atoms with van der Waals surface area (Å²) < 4.78 is 27.9. The van der Waals surface area contributed by atoms with Crippen LogP contribution in [-0.4, -0.2) is 44.2 Å². The van der Waals surface area contributed by atoms with E-state index in [9.17, 15) is 18.0 Å². The van der Waals surface area contributed by atoms with Crippen molar-refractivity contribution in [2.45, 2.75) is 31.6 Å². The van der Waals surface area contributed by atoms with Crippen LogP contribution in [0.4, 0.5) is 5.69 Å². The van der Waals surface area contributed by atoms with Crippen LogP contribution in [0.1, 0.15) is 34.3 Å². The number of sulfonamides is 1. The molecule has 0 spiro atoms. The highest BCUT2D eigenvalue weighted by molar-refractivity contribution is 9.10. The smallest absolute Gasteiger partial charge is 0.252 e. The molecule has 3 rings (SSSR count). The van der Waals surface area contributed by atoms with Crippen molar-refractivity contribution in [2.24, 2.45) is 0 Å². The van der Waals surface area contributed by atoms with Crippen molar-refractivity contribution < 1.29 is 18.0 Å². The predicted octanol–water partition coefficient (Wildman–Crippen LogP) is 3.22. The Hall–Kier alpha value is -2.23. The first-order chi connectivity index (χ1) is 14.2. The molecule has 0 aliphatic carbocycles. The van der Waals surface area contributed by atoms with Crippen LogP contribution < -0.4 is 10.6 Å². The van der Waals surface area contributed by atoms with Crippen molar-refractivity contribution in [3.05, 3.63) is 57.6 Å². The lowest BCUT2D eigenvalue weighted by molar-refractivity contribution is -0.115. The van der Waals surface area contributed by atoms with E-state index >= 15 is 0 Å². The molecule has 0 atom stereocenters. The van der Waals surface area contributed by atoms with E-state index in [1.165, 1.54) is 16.4 Å². The number of nitrogens with zero attached hydrogens (tertiary/aromatic N) is 1. The predicted molar refractivity (Wildman–Crippen MR) is 119 cm³/mol. The van der Waals surface area contributed by atoms with Gasteiger partial charge >= 0.3 is 0 Å². The van der Waals surface area contributed by atoms with Crippen molar-refractivity contribution in [2.75, 3.05) is 25.0 Å². The number of halogens is 1. The number of benzene rings is 2. The van der Waals surface area contributed by atoms with Gasteiger partial charge in [-0.3, -0.25) is 9.59 Å². The minimum atomic E-state index is -3.62. The van der Waals surface area contributed by atoms with Crippen LogP contribution in [0.15, 0.2) is 45.8 Å². The van der Waals surface area contributed by atoms with Crippen LogP contribution >= 0.6 is 15.9 Å². The Morgan fingerprint density at radius 3 is 2.40 bits per heavy atom. The van der Waals surface area contributed by atoms with Gasteiger partial charge in [-0.2, -0.15) is 4.31 Å². The summed E-state index contributed by atoms with van der Waals surface area (Å²) in [5.41, 5.74) is 2.42. The Morgan fingerprint density at radius 2 is 1.73 bits per heavy atom. The Labute approximate surface area is 185 Å². The topological polar surface area (TPSA) is 95.6 Å². The van der Waals surface area contributed by atoms with E-state index in [1.807, 2.05) is 19.1 Å². The fourth-order valence-electron chi connectivity index (χ4n) is 3.30. The first-order valence-electron chi connectivity index (χ1n) is 9.63. The van der Waals surface area contributed by atoms with Crippen molar-refractivity contribution in [3.8, 4) is 0 Å². The summed E-state index contributed by atoms with van der Waals surface area (Å²) in [6.45, 7) is 4.36. The van der Waals surface area contributed by atoms with Gasteiger partial charge < -0.3 is 10.6 Å². The van der Waals surface area contributed by atoms with Gasteiger partial charge in [-0.15, -0.1) is 0 Å². The van der Waals surface area contributed by atoms with Crippen LogP contribution in [0.25, 0.3) is 0 Å². The number of hydrogen-bond acceptors (Lipinski definition) is 4. The van der Waals surface area contributed by atoms with E-state index in [0.717, 1.165) is 22.9 Å². The van der Waals surface area contributed by atoms with Crippen molar-refractivity contribution in [3.63, 3.8) is 0 Å². The number of amides is 2. The number of carbonyl (C=O) groups is 2. The Morgan fingerprint density at radius 1 is 1.03 bits per heavy atom. The highest BCUT2D eigenvalue weighted by atomic mass is 79.9. The first-order valence-corrected chi connectivity index (χ1v) is 11.9. The van der Waals surface area contributed by atoms with Gasteiger partial charge in [0.2, 0.25) is 15.9 Å². The van der Waals surface area contributed by atoms with Gasteiger partial charge in [0.1, 0.15) is 0 Å². The zero-order valence-electron chi connectivity index (χ0n) is 16.9. The number of anilines is 1. The van der Waals surface area contributed by atoms with Gasteiger partial charge in [0, 0.05) is 28.8 Å². The quantitative estimate of drug-likeness (QED) is 0.645. The molecule has 1 aliphatic rings. The summed E-state index contributed by atoms with van der Waals surface area (Å²) in [7, 11) is -3.62. The van der Waals surface area contributed by atoms with Gasteiger partial charge in [-0.1, -0.05) is 22.0 Å². The number of aryl methyl sites for hydroxylation is 2. The second-order valence-electron chi connectivity index (χ2n) is 7.28. The largest absolute Gasteiger partial charge is 0.343 e. The van der Waals surface area contributed by atoms with Gasteiger partial charge in [0.15, 0.2) is 0 Å². The van der Waals surface area contributed by atoms with Crippen molar-refractivity contribution in [1.82, 2.24) is 9.62 Å². The van der Waals surface area contributed by atoms with E-state index in [4.69, 9.17) is 0 Å². The second-order valence-corrected chi connectivity index (χ2v) is 10.1. The number of hydrogen-bond donors (Lipinski definition) is 2. The molecule has 30 heavy (non-hydrogen) atoms. The Kier molecular flexibility index (Phi) is 6.95. The van der Waals surface area contributed by atoms with Crippen LogP contribution in [-0.2, 0) is 14.8 Å². The van der Waals surface area contributed by atoms with E-state index in [-0.39, 0.29) is 22.9 Å². The highest BCUT2D eigenvalue weighted by Gasteiger charge is 2.28. The summed E-state index contributed by atoms with van der Waals surface area (Å²) in [6, 6.07) is 9.98. The molecule has 1 aliphatic heterocycles. The SMILES string of the molecule is Cc1cc(Br)ccc1NC(=O)CNC(=O)c1cc(S(=O)(=O)N2CCCC2)ccc1C. The van der Waals surface area contributed by atoms with E-state index in [1.54, 1.807) is 19.1 Å². The summed E-state index contributed by atoms with van der Waals surface area (Å²) in [5, 5.41) is 5.32. The molecule has 160 valence electrons. The number of rotatable bonds is 6. The number of nitrogens with one attached hydrogen (secondary N) is 2. The van der Waals surface area contributed by atoms with Gasteiger partial charge in [0.05, 0.1) is 11.4 Å². The highest BCUT2D eigenvalue weighted by Crippen LogP contribution is 2.23. The third-order valence-corrected chi connectivity index (χ3v) is 7.42. The van der Waals surface area contributed by atoms with E-state index in [2.05, 4.69) is 26.6 Å². The number of carbonyl (C=O) groups excluding carboxylic acids is 2. The molecule has 0 saturated carbocycles. The molecule has 2 amide bonds. The maximum atomic E-state index is 12.8. The molecule has 0 aromatic heterocycles. The zero-order chi connectivity index (χ0) is 21.9. The van der Waals surface area contributed by atoms with Gasteiger partial charge in [-0.05, 0) is 68.1 Å². The molecule has 2 N–H and O–H groups in total. The van der Waals surface area contributed by atoms with Crippen LogP contribution in [0, 0.1) is 13.8 Å². The molecular formula is C21H24BrN3O4S. The molecule has 7 nitrogen and oxygen atoms in total. The molecule has 2 aromatic carbocycles. The minimum Gasteiger partial charge on any atom is -0.343 e. The fourth-order valence-corrected chi connectivity index (χ4v) is 5.32. The van der Waals surface area contributed by atoms with Crippen molar-refractivity contribution in [1.29, 1.82) is 0 Å². The first kappa shape index (κ1) is 22.5. The molecule has 1 saturated heterocycles. The van der Waals surface area contributed by atoms with Crippen LogP contribution in [0.5, 0.6) is 0 Å². The van der Waals surface area contributed by atoms with Crippen LogP contribution in [0.2, 0.25) is 0 Å². The molecular weight excluding hydrogens is 470 g/mol. The zero-order valence-corrected chi connectivity index (χ0v) is 19.3. The van der Waals surface area contributed by atoms with E-state index in [0.29, 0.717) is 24.3 Å². The van der Waals surface area contributed by atoms with Crippen molar-refractivity contribution >= 4 is 43.5 Å². The molecule has 1 fully saturated rings. The molecule has 0 radical (unpaired) electrons. The molecule has 0 unspecified atom stereocenters.